The van der Waals surface area contributed by atoms with Crippen LogP contribution in [0.2, 0.25) is 0 Å². The van der Waals surface area contributed by atoms with Crippen LogP contribution in [0.25, 0.3) is 0 Å². The van der Waals surface area contributed by atoms with E-state index in [2.05, 4.69) is 12.0 Å². The molecule has 0 atom stereocenters. The van der Waals surface area contributed by atoms with E-state index in [9.17, 15) is 4.79 Å². The molecule has 0 aliphatic carbocycles. The predicted molar refractivity (Wildman–Crippen MR) is 66.4 cm³/mol. The molecule has 0 bridgehead atoms. The van der Waals surface area contributed by atoms with Gasteiger partial charge in [0.05, 0.1) is 0 Å². The van der Waals surface area contributed by atoms with E-state index < -0.39 is 0 Å². The molecule has 1 aromatic carbocycles. The van der Waals surface area contributed by atoms with Gasteiger partial charge in [0.2, 0.25) is 5.78 Å². The van der Waals surface area contributed by atoms with Gasteiger partial charge in [0.25, 0.3) is 0 Å². The van der Waals surface area contributed by atoms with E-state index >= 15 is 0 Å². The SMILES string of the molecule is Cc1ccc(C(=O)C#CN(C)C)c(C)c1C. The minimum atomic E-state index is -0.116. The van der Waals surface area contributed by atoms with Crippen LogP contribution >= 0.6 is 0 Å². The number of aryl methyl sites for hydroxylation is 1. The number of rotatable bonds is 1. The average Bonchev–Trinajstić information content (AvgIpc) is 2.23. The van der Waals surface area contributed by atoms with Crippen molar-refractivity contribution in [3.8, 4) is 12.0 Å². The van der Waals surface area contributed by atoms with Gasteiger partial charge in [-0.1, -0.05) is 6.07 Å². The van der Waals surface area contributed by atoms with Crippen LogP contribution in [0.4, 0.5) is 0 Å². The molecule has 2 heteroatoms. The topological polar surface area (TPSA) is 20.3 Å². The molecule has 0 saturated heterocycles. The zero-order chi connectivity index (χ0) is 12.3. The Bertz CT molecular complexity index is 475. The van der Waals surface area contributed by atoms with Crippen molar-refractivity contribution >= 4 is 5.78 Å². The number of hydrogen-bond acceptors (Lipinski definition) is 2. The molecule has 0 fully saturated rings. The first kappa shape index (κ1) is 12.3. The summed E-state index contributed by atoms with van der Waals surface area (Å²) >= 11 is 0. The third kappa shape index (κ3) is 2.64. The Hall–Kier alpha value is -1.75. The molecule has 1 aromatic rings. The van der Waals surface area contributed by atoms with Crippen LogP contribution in [0.1, 0.15) is 27.0 Å². The average molecular weight is 215 g/mol. The number of carbonyl (C=O) groups is 1. The Morgan fingerprint density at radius 2 is 1.75 bits per heavy atom. The van der Waals surface area contributed by atoms with Crippen LogP contribution in [-0.2, 0) is 0 Å². The largest absolute Gasteiger partial charge is 0.338 e. The van der Waals surface area contributed by atoms with Crippen molar-refractivity contribution in [2.45, 2.75) is 20.8 Å². The highest BCUT2D eigenvalue weighted by Gasteiger charge is 2.09. The Kier molecular flexibility index (Phi) is 3.73. The van der Waals surface area contributed by atoms with Gasteiger partial charge in [-0.25, -0.2) is 0 Å². The number of nitrogens with zero attached hydrogens (tertiary/aromatic N) is 1. The van der Waals surface area contributed by atoms with Crippen LogP contribution in [0.5, 0.6) is 0 Å². The van der Waals surface area contributed by atoms with Gasteiger partial charge in [0, 0.05) is 25.7 Å². The summed E-state index contributed by atoms with van der Waals surface area (Å²) in [6.45, 7) is 6.04. The molecular weight excluding hydrogens is 198 g/mol. The van der Waals surface area contributed by atoms with Gasteiger partial charge >= 0.3 is 0 Å². The van der Waals surface area contributed by atoms with E-state index in [1.807, 2.05) is 47.0 Å². The normalized spacial score (nSPS) is 9.31. The highest BCUT2D eigenvalue weighted by Crippen LogP contribution is 2.17. The summed E-state index contributed by atoms with van der Waals surface area (Å²) in [6.07, 6.45) is 0. The van der Waals surface area contributed by atoms with Crippen LogP contribution in [-0.4, -0.2) is 24.8 Å². The summed E-state index contributed by atoms with van der Waals surface area (Å²) in [6, 6.07) is 6.56. The molecular formula is C14H17NO. The number of Topliss-reactive ketones (excluding diaryl/α,β-unsaturated/α-hetero) is 1. The second-order valence-electron chi connectivity index (χ2n) is 4.14. The van der Waals surface area contributed by atoms with E-state index in [4.69, 9.17) is 0 Å². The first-order valence-electron chi connectivity index (χ1n) is 5.23. The van der Waals surface area contributed by atoms with Crippen LogP contribution in [0.15, 0.2) is 12.1 Å². The maximum absolute atomic E-state index is 11.8. The van der Waals surface area contributed by atoms with Crippen molar-refractivity contribution in [1.82, 2.24) is 4.90 Å². The summed E-state index contributed by atoms with van der Waals surface area (Å²) in [5, 5.41) is 0. The van der Waals surface area contributed by atoms with Crippen LogP contribution in [0, 0.1) is 32.7 Å². The minimum absolute atomic E-state index is 0.116. The number of ketones is 1. The second kappa shape index (κ2) is 4.85. The highest BCUT2D eigenvalue weighted by molar-refractivity contribution is 6.10. The molecule has 0 aromatic heterocycles. The monoisotopic (exact) mass is 215 g/mol. The van der Waals surface area contributed by atoms with E-state index in [1.165, 1.54) is 5.56 Å². The van der Waals surface area contributed by atoms with Gasteiger partial charge in [-0.15, -0.1) is 0 Å². The smallest absolute Gasteiger partial charge is 0.237 e. The minimum Gasteiger partial charge on any atom is -0.338 e. The first-order chi connectivity index (χ1) is 7.43. The number of carbonyl (C=O) groups excluding carboxylic acids is 1. The van der Waals surface area contributed by atoms with Crippen molar-refractivity contribution in [3.63, 3.8) is 0 Å². The van der Waals surface area contributed by atoms with E-state index in [1.54, 1.807) is 4.90 Å². The summed E-state index contributed by atoms with van der Waals surface area (Å²) in [5.74, 6) is 2.51. The Morgan fingerprint density at radius 1 is 1.12 bits per heavy atom. The summed E-state index contributed by atoms with van der Waals surface area (Å²) in [5.41, 5.74) is 4.10. The molecule has 0 unspecified atom stereocenters. The lowest BCUT2D eigenvalue weighted by Crippen LogP contribution is -2.05. The molecule has 16 heavy (non-hydrogen) atoms. The van der Waals surface area contributed by atoms with Gasteiger partial charge in [-0.2, -0.15) is 0 Å². The predicted octanol–water partition coefficient (Wildman–Crippen LogP) is 2.32. The quantitative estimate of drug-likeness (QED) is 0.407. The van der Waals surface area contributed by atoms with Gasteiger partial charge < -0.3 is 4.90 Å². The van der Waals surface area contributed by atoms with Gasteiger partial charge in [0.1, 0.15) is 0 Å². The molecule has 0 spiro atoms. The molecule has 0 radical (unpaired) electrons. The maximum Gasteiger partial charge on any atom is 0.237 e. The Morgan fingerprint density at radius 3 is 2.31 bits per heavy atom. The van der Waals surface area contributed by atoms with Crippen molar-refractivity contribution < 1.29 is 4.79 Å². The third-order valence-electron chi connectivity index (χ3n) is 2.70. The van der Waals surface area contributed by atoms with E-state index in [0.29, 0.717) is 5.56 Å². The van der Waals surface area contributed by atoms with Gasteiger partial charge in [0.15, 0.2) is 0 Å². The first-order valence-corrected chi connectivity index (χ1v) is 5.23. The second-order valence-corrected chi connectivity index (χ2v) is 4.14. The van der Waals surface area contributed by atoms with Gasteiger partial charge in [-0.05, 0) is 49.4 Å². The summed E-state index contributed by atoms with van der Waals surface area (Å²) in [7, 11) is 3.63. The molecule has 84 valence electrons. The fourth-order valence-corrected chi connectivity index (χ4v) is 1.43. The van der Waals surface area contributed by atoms with E-state index in [0.717, 1.165) is 11.1 Å². The molecule has 1 rings (SSSR count). The van der Waals surface area contributed by atoms with Crippen molar-refractivity contribution in [3.05, 3.63) is 34.4 Å². The lowest BCUT2D eigenvalue weighted by atomic mass is 9.97. The van der Waals surface area contributed by atoms with Crippen LogP contribution in [0.3, 0.4) is 0 Å². The highest BCUT2D eigenvalue weighted by atomic mass is 16.1. The standard InChI is InChI=1S/C14H17NO/c1-10-6-7-13(12(3)11(10)2)14(16)8-9-15(4)5/h6-7H,1-5H3. The Labute approximate surface area is 97.3 Å². The molecule has 0 aliphatic rings. The molecule has 0 N–H and O–H groups in total. The molecule has 0 heterocycles. The third-order valence-corrected chi connectivity index (χ3v) is 2.70. The fourth-order valence-electron chi connectivity index (χ4n) is 1.43. The Balaban J connectivity index is 3.12. The fraction of sp³-hybridized carbons (Fsp3) is 0.357. The summed E-state index contributed by atoms with van der Waals surface area (Å²) < 4.78 is 0. The maximum atomic E-state index is 11.8. The molecule has 2 nitrogen and oxygen atoms in total. The van der Waals surface area contributed by atoms with Crippen molar-refractivity contribution in [1.29, 1.82) is 0 Å². The lowest BCUT2D eigenvalue weighted by Gasteiger charge is -2.07. The van der Waals surface area contributed by atoms with E-state index in [-0.39, 0.29) is 5.78 Å². The molecule has 0 saturated carbocycles. The molecule has 0 aliphatic heterocycles. The summed E-state index contributed by atoms with van der Waals surface area (Å²) in [4.78, 5) is 13.5. The number of hydrogen-bond donors (Lipinski definition) is 0. The lowest BCUT2D eigenvalue weighted by molar-refractivity contribution is 0.105. The van der Waals surface area contributed by atoms with Crippen LogP contribution < -0.4 is 0 Å². The zero-order valence-corrected chi connectivity index (χ0v) is 10.5. The zero-order valence-electron chi connectivity index (χ0n) is 10.5. The van der Waals surface area contributed by atoms with Crippen molar-refractivity contribution in [2.75, 3.05) is 14.1 Å². The van der Waals surface area contributed by atoms with Gasteiger partial charge in [-0.3, -0.25) is 4.79 Å². The van der Waals surface area contributed by atoms with Crippen molar-refractivity contribution in [2.24, 2.45) is 0 Å². The molecule has 0 amide bonds. The number of benzene rings is 1.